The first kappa shape index (κ1) is 18.5. The molecule has 0 fully saturated rings. The Morgan fingerprint density at radius 1 is 1.29 bits per heavy atom. The molecule has 0 saturated carbocycles. The average Bonchev–Trinajstić information content (AvgIpc) is 3.02. The number of hydrogen-bond donors (Lipinski definition) is 1. The molecule has 1 aromatic heterocycles. The van der Waals surface area contributed by atoms with Gasteiger partial charge in [0.25, 0.3) is 0 Å². The largest absolute Gasteiger partial charge is 0.383 e. The molecule has 2 aromatic rings. The van der Waals surface area contributed by atoms with Crippen molar-refractivity contribution in [2.75, 3.05) is 26.0 Å². The number of methoxy groups -OCH3 is 1. The number of benzene rings is 1. The zero-order valence-electron chi connectivity index (χ0n) is 14.2. The van der Waals surface area contributed by atoms with Crippen LogP contribution < -0.4 is 5.32 Å². The van der Waals surface area contributed by atoms with E-state index in [9.17, 15) is 4.79 Å². The highest BCUT2D eigenvalue weighted by molar-refractivity contribution is 7.99. The number of ether oxygens (including phenoxy) is 1. The summed E-state index contributed by atoms with van der Waals surface area (Å²) in [6.07, 6.45) is 2.07. The van der Waals surface area contributed by atoms with Crippen molar-refractivity contribution >= 4 is 17.7 Å². The summed E-state index contributed by atoms with van der Waals surface area (Å²) in [4.78, 5) is 11.9. The Morgan fingerprint density at radius 3 is 2.79 bits per heavy atom. The number of aromatic nitrogens is 3. The minimum Gasteiger partial charge on any atom is -0.383 e. The number of unbranched alkanes of at least 4 members (excludes halogenated alkanes) is 1. The molecule has 0 aliphatic rings. The second-order valence-electron chi connectivity index (χ2n) is 5.31. The molecule has 7 heteroatoms. The zero-order chi connectivity index (χ0) is 17.2. The van der Waals surface area contributed by atoms with Crippen molar-refractivity contribution in [2.24, 2.45) is 0 Å². The van der Waals surface area contributed by atoms with Crippen LogP contribution >= 0.6 is 11.8 Å². The summed E-state index contributed by atoms with van der Waals surface area (Å²) in [6.45, 7) is 4.04. The molecule has 0 radical (unpaired) electrons. The van der Waals surface area contributed by atoms with Gasteiger partial charge >= 0.3 is 0 Å². The summed E-state index contributed by atoms with van der Waals surface area (Å²) in [5.74, 6) is 1.15. The lowest BCUT2D eigenvalue weighted by Crippen LogP contribution is -2.26. The molecule has 0 aliphatic carbocycles. The Morgan fingerprint density at radius 2 is 2.08 bits per heavy atom. The van der Waals surface area contributed by atoms with Crippen LogP contribution in [0.5, 0.6) is 0 Å². The van der Waals surface area contributed by atoms with Crippen molar-refractivity contribution in [3.05, 3.63) is 30.3 Å². The fraction of sp³-hybridized carbons (Fsp3) is 0.471. The van der Waals surface area contributed by atoms with Gasteiger partial charge in [0, 0.05) is 19.2 Å². The second-order valence-corrected chi connectivity index (χ2v) is 6.25. The molecule has 0 spiro atoms. The minimum atomic E-state index is 0.0241. The van der Waals surface area contributed by atoms with Crippen LogP contribution in [-0.2, 0) is 16.1 Å². The first-order chi connectivity index (χ1) is 11.8. The van der Waals surface area contributed by atoms with Crippen molar-refractivity contribution in [3.63, 3.8) is 0 Å². The molecule has 1 aromatic carbocycles. The quantitative estimate of drug-likeness (QED) is 0.528. The molecular weight excluding hydrogens is 324 g/mol. The Labute approximate surface area is 147 Å². The Kier molecular flexibility index (Phi) is 7.77. The summed E-state index contributed by atoms with van der Waals surface area (Å²) < 4.78 is 7.19. The molecule has 1 amide bonds. The van der Waals surface area contributed by atoms with Gasteiger partial charge < -0.3 is 10.1 Å². The van der Waals surface area contributed by atoms with Gasteiger partial charge in [0.1, 0.15) is 0 Å². The highest BCUT2D eigenvalue weighted by Crippen LogP contribution is 2.23. The smallest absolute Gasteiger partial charge is 0.230 e. The standard InChI is InChI=1S/C17H24N4O2S/c1-3-4-10-18-15(22)13-24-17-20-19-16(21(17)11-12-23-2)14-8-6-5-7-9-14/h5-9H,3-4,10-13H2,1-2H3,(H,18,22). The predicted octanol–water partition coefficient (Wildman–Crippen LogP) is 2.60. The molecule has 0 atom stereocenters. The highest BCUT2D eigenvalue weighted by atomic mass is 32.2. The highest BCUT2D eigenvalue weighted by Gasteiger charge is 2.15. The third kappa shape index (κ3) is 5.35. The van der Waals surface area contributed by atoms with Crippen molar-refractivity contribution in [1.82, 2.24) is 20.1 Å². The molecule has 0 unspecified atom stereocenters. The van der Waals surface area contributed by atoms with E-state index in [4.69, 9.17) is 4.74 Å². The Bertz CT molecular complexity index is 631. The first-order valence-corrected chi connectivity index (χ1v) is 9.11. The van der Waals surface area contributed by atoms with E-state index in [-0.39, 0.29) is 5.91 Å². The molecular formula is C17H24N4O2S. The number of thioether (sulfide) groups is 1. The van der Waals surface area contributed by atoms with Crippen LogP contribution in [0.1, 0.15) is 19.8 Å². The van der Waals surface area contributed by atoms with E-state index in [1.807, 2.05) is 34.9 Å². The second kappa shape index (κ2) is 10.1. The van der Waals surface area contributed by atoms with Crippen LogP contribution in [0.2, 0.25) is 0 Å². The summed E-state index contributed by atoms with van der Waals surface area (Å²) >= 11 is 1.40. The van der Waals surface area contributed by atoms with Crippen LogP contribution in [0.15, 0.2) is 35.5 Å². The summed E-state index contributed by atoms with van der Waals surface area (Å²) in [6, 6.07) is 9.91. The van der Waals surface area contributed by atoms with Crippen molar-refractivity contribution < 1.29 is 9.53 Å². The van der Waals surface area contributed by atoms with Gasteiger partial charge in [0.15, 0.2) is 11.0 Å². The Hall–Kier alpha value is -1.86. The van der Waals surface area contributed by atoms with Gasteiger partial charge in [-0.15, -0.1) is 10.2 Å². The number of carbonyl (C=O) groups excluding carboxylic acids is 1. The van der Waals surface area contributed by atoms with Gasteiger partial charge in [-0.1, -0.05) is 55.4 Å². The van der Waals surface area contributed by atoms with Crippen molar-refractivity contribution in [2.45, 2.75) is 31.5 Å². The number of nitrogens with zero attached hydrogens (tertiary/aromatic N) is 3. The maximum atomic E-state index is 11.9. The molecule has 2 rings (SSSR count). The molecule has 6 nitrogen and oxygen atoms in total. The normalized spacial score (nSPS) is 10.8. The summed E-state index contributed by atoms with van der Waals surface area (Å²) in [5, 5.41) is 12.2. The molecule has 24 heavy (non-hydrogen) atoms. The van der Waals surface area contributed by atoms with Gasteiger partial charge in [-0.3, -0.25) is 9.36 Å². The molecule has 1 N–H and O–H groups in total. The zero-order valence-corrected chi connectivity index (χ0v) is 15.0. The number of rotatable bonds is 10. The summed E-state index contributed by atoms with van der Waals surface area (Å²) in [5.41, 5.74) is 1.00. The first-order valence-electron chi connectivity index (χ1n) is 8.13. The molecule has 130 valence electrons. The fourth-order valence-corrected chi connectivity index (χ4v) is 2.96. The predicted molar refractivity (Wildman–Crippen MR) is 96.0 cm³/mol. The van der Waals surface area contributed by atoms with Gasteiger partial charge in [-0.25, -0.2) is 0 Å². The lowest BCUT2D eigenvalue weighted by atomic mass is 10.2. The third-order valence-electron chi connectivity index (χ3n) is 3.45. The van der Waals surface area contributed by atoms with E-state index >= 15 is 0 Å². The number of carbonyl (C=O) groups is 1. The van der Waals surface area contributed by atoms with E-state index in [1.165, 1.54) is 11.8 Å². The van der Waals surface area contributed by atoms with E-state index in [1.54, 1.807) is 7.11 Å². The molecule has 1 heterocycles. The Balaban J connectivity index is 2.06. The molecule has 0 saturated heterocycles. The van der Waals surface area contributed by atoms with Crippen molar-refractivity contribution in [1.29, 1.82) is 0 Å². The van der Waals surface area contributed by atoms with Gasteiger partial charge in [-0.2, -0.15) is 0 Å². The van der Waals surface area contributed by atoms with Crippen molar-refractivity contribution in [3.8, 4) is 11.4 Å². The minimum absolute atomic E-state index is 0.0241. The fourth-order valence-electron chi connectivity index (χ4n) is 2.17. The maximum Gasteiger partial charge on any atom is 0.230 e. The molecule has 0 bridgehead atoms. The maximum absolute atomic E-state index is 11.9. The SMILES string of the molecule is CCCCNC(=O)CSc1nnc(-c2ccccc2)n1CCOC. The van der Waals surface area contributed by atoms with Crippen LogP contribution in [0, 0.1) is 0 Å². The van der Waals surface area contributed by atoms with Crippen LogP contribution in [-0.4, -0.2) is 46.7 Å². The van der Waals surface area contributed by atoms with Crippen LogP contribution in [0.3, 0.4) is 0 Å². The van der Waals surface area contributed by atoms with Crippen LogP contribution in [0.4, 0.5) is 0 Å². The van der Waals surface area contributed by atoms with E-state index in [2.05, 4.69) is 22.4 Å². The monoisotopic (exact) mass is 348 g/mol. The third-order valence-corrected chi connectivity index (χ3v) is 4.42. The van der Waals surface area contributed by atoms with Gasteiger partial charge in [0.05, 0.1) is 18.9 Å². The van der Waals surface area contributed by atoms with Gasteiger partial charge in [0.2, 0.25) is 5.91 Å². The lowest BCUT2D eigenvalue weighted by molar-refractivity contribution is -0.118. The summed E-state index contributed by atoms with van der Waals surface area (Å²) in [7, 11) is 1.67. The van der Waals surface area contributed by atoms with Gasteiger partial charge in [-0.05, 0) is 6.42 Å². The van der Waals surface area contributed by atoms with Crippen LogP contribution in [0.25, 0.3) is 11.4 Å². The number of amides is 1. The van der Waals surface area contributed by atoms with E-state index in [0.29, 0.717) is 18.9 Å². The average molecular weight is 348 g/mol. The lowest BCUT2D eigenvalue weighted by Gasteiger charge is -2.09. The number of hydrogen-bond acceptors (Lipinski definition) is 5. The number of nitrogens with one attached hydrogen (secondary N) is 1. The molecule has 0 aliphatic heterocycles. The topological polar surface area (TPSA) is 69.0 Å². The van der Waals surface area contributed by atoms with E-state index < -0.39 is 0 Å². The van der Waals surface area contributed by atoms with E-state index in [0.717, 1.165) is 35.9 Å².